The van der Waals surface area contributed by atoms with Crippen LogP contribution in [0.3, 0.4) is 0 Å². The maximum atomic E-state index is 13.1. The fourth-order valence-electron chi connectivity index (χ4n) is 3.99. The smallest absolute Gasteiger partial charge is 0.316 e. The van der Waals surface area contributed by atoms with E-state index in [0.29, 0.717) is 17.4 Å². The summed E-state index contributed by atoms with van der Waals surface area (Å²) in [4.78, 5) is 13.1. The van der Waals surface area contributed by atoms with E-state index in [0.717, 1.165) is 42.4 Å². The average Bonchev–Trinajstić information content (AvgIpc) is 3.17. The first-order chi connectivity index (χ1) is 12.7. The molecule has 4 rings (SSSR count). The van der Waals surface area contributed by atoms with E-state index in [1.54, 1.807) is 6.07 Å². The Morgan fingerprint density at radius 3 is 2.69 bits per heavy atom. The number of carbonyl (C=O) groups is 1. The molecule has 0 unspecified atom stereocenters. The van der Waals surface area contributed by atoms with Gasteiger partial charge in [-0.3, -0.25) is 4.79 Å². The molecule has 2 aliphatic rings. The Kier molecular flexibility index (Phi) is 4.88. The topological polar surface area (TPSA) is 44.8 Å². The predicted octanol–water partition coefficient (Wildman–Crippen LogP) is 4.76. The molecule has 1 aliphatic carbocycles. The van der Waals surface area contributed by atoms with Crippen LogP contribution in [0.25, 0.3) is 0 Å². The molecule has 0 bridgehead atoms. The van der Waals surface area contributed by atoms with Crippen LogP contribution in [0.15, 0.2) is 42.5 Å². The van der Waals surface area contributed by atoms with Gasteiger partial charge in [0.1, 0.15) is 12.4 Å². The first kappa shape index (κ1) is 17.4. The summed E-state index contributed by atoms with van der Waals surface area (Å²) in [7, 11) is 0. The number of fused-ring (bicyclic) bond motifs is 1. The Bertz CT molecular complexity index is 797. The van der Waals surface area contributed by atoms with E-state index >= 15 is 0 Å². The summed E-state index contributed by atoms with van der Waals surface area (Å²) in [6.07, 6.45) is 3.73. The number of halogens is 1. The number of ether oxygens (including phenoxy) is 3. The lowest BCUT2D eigenvalue weighted by molar-refractivity contribution is -0.152. The van der Waals surface area contributed by atoms with Crippen LogP contribution in [0.1, 0.15) is 42.4 Å². The van der Waals surface area contributed by atoms with Crippen molar-refractivity contribution in [3.05, 3.63) is 64.2 Å². The second-order valence-corrected chi connectivity index (χ2v) is 7.33. The van der Waals surface area contributed by atoms with E-state index < -0.39 is 5.41 Å². The van der Waals surface area contributed by atoms with Crippen molar-refractivity contribution in [1.82, 2.24) is 0 Å². The number of carbonyl (C=O) groups excluding carboxylic acids is 1. The quantitative estimate of drug-likeness (QED) is 0.726. The van der Waals surface area contributed by atoms with Gasteiger partial charge in [0, 0.05) is 16.1 Å². The van der Waals surface area contributed by atoms with Crippen LogP contribution in [-0.2, 0) is 32.9 Å². The van der Waals surface area contributed by atoms with Gasteiger partial charge in [-0.05, 0) is 30.5 Å². The summed E-state index contributed by atoms with van der Waals surface area (Å²) >= 11 is 6.20. The predicted molar refractivity (Wildman–Crippen MR) is 98.1 cm³/mol. The molecule has 0 saturated heterocycles. The molecular weight excluding hydrogens is 352 g/mol. The van der Waals surface area contributed by atoms with Crippen molar-refractivity contribution in [2.45, 2.75) is 44.3 Å². The van der Waals surface area contributed by atoms with E-state index in [-0.39, 0.29) is 19.4 Å². The highest BCUT2D eigenvalue weighted by Crippen LogP contribution is 2.42. The summed E-state index contributed by atoms with van der Waals surface area (Å²) in [6.45, 7) is 0.796. The number of hydrogen-bond donors (Lipinski definition) is 0. The second kappa shape index (κ2) is 7.29. The molecule has 4 nitrogen and oxygen atoms in total. The summed E-state index contributed by atoms with van der Waals surface area (Å²) in [6, 6.07) is 13.6. The Morgan fingerprint density at radius 2 is 1.92 bits per heavy atom. The Balaban J connectivity index is 1.56. The maximum absolute atomic E-state index is 13.1. The number of esters is 1. The van der Waals surface area contributed by atoms with E-state index in [1.165, 1.54) is 0 Å². The van der Waals surface area contributed by atoms with Crippen molar-refractivity contribution < 1.29 is 19.0 Å². The number of rotatable bonds is 4. The maximum Gasteiger partial charge on any atom is 0.316 e. The molecule has 1 saturated carbocycles. The minimum atomic E-state index is -0.538. The van der Waals surface area contributed by atoms with Crippen LogP contribution in [-0.4, -0.2) is 12.8 Å². The van der Waals surface area contributed by atoms with Gasteiger partial charge < -0.3 is 14.2 Å². The number of benzene rings is 2. The third-order valence-electron chi connectivity index (χ3n) is 5.28. The van der Waals surface area contributed by atoms with Crippen molar-refractivity contribution in [2.24, 2.45) is 0 Å². The van der Waals surface area contributed by atoms with Crippen LogP contribution >= 0.6 is 11.6 Å². The zero-order valence-electron chi connectivity index (χ0n) is 14.5. The largest absolute Gasteiger partial charge is 0.467 e. The summed E-state index contributed by atoms with van der Waals surface area (Å²) in [5.41, 5.74) is 2.17. The fraction of sp³-hybridized carbons (Fsp3) is 0.381. The third kappa shape index (κ3) is 3.19. The van der Waals surface area contributed by atoms with E-state index in [2.05, 4.69) is 0 Å². The van der Waals surface area contributed by atoms with Crippen molar-refractivity contribution in [3.8, 4) is 5.75 Å². The molecular formula is C21H21ClO4. The number of hydrogen-bond acceptors (Lipinski definition) is 4. The molecule has 1 heterocycles. The highest BCUT2D eigenvalue weighted by Gasteiger charge is 2.44. The Labute approximate surface area is 158 Å². The zero-order chi connectivity index (χ0) is 18.0. The van der Waals surface area contributed by atoms with Crippen molar-refractivity contribution in [2.75, 3.05) is 6.79 Å². The standard InChI is InChI=1S/C21H21ClO4/c22-18-10-15-12-24-14-26-19(15)16(11-18)13-25-20(23)21(8-4-5-9-21)17-6-2-1-3-7-17/h1-3,6-7,10-11H,4-5,8-9,12-14H2. The molecule has 0 aromatic heterocycles. The minimum absolute atomic E-state index is 0.149. The first-order valence-electron chi connectivity index (χ1n) is 8.94. The molecule has 0 spiro atoms. The molecule has 0 atom stereocenters. The van der Waals surface area contributed by atoms with Crippen LogP contribution in [0, 0.1) is 0 Å². The molecule has 2 aromatic rings. The van der Waals surface area contributed by atoms with Crippen LogP contribution in [0.4, 0.5) is 0 Å². The van der Waals surface area contributed by atoms with Gasteiger partial charge in [0.05, 0.1) is 12.0 Å². The van der Waals surface area contributed by atoms with E-state index in [9.17, 15) is 4.79 Å². The van der Waals surface area contributed by atoms with E-state index in [1.807, 2.05) is 36.4 Å². The van der Waals surface area contributed by atoms with Crippen molar-refractivity contribution >= 4 is 17.6 Å². The van der Waals surface area contributed by atoms with Gasteiger partial charge in [-0.25, -0.2) is 0 Å². The molecule has 1 aliphatic heterocycles. The lowest BCUT2D eigenvalue weighted by Crippen LogP contribution is -2.34. The average molecular weight is 373 g/mol. The molecule has 26 heavy (non-hydrogen) atoms. The van der Waals surface area contributed by atoms with Gasteiger partial charge in [0.2, 0.25) is 0 Å². The normalized spacial score (nSPS) is 18.0. The molecule has 0 N–H and O–H groups in total. The van der Waals surface area contributed by atoms with Gasteiger partial charge in [-0.1, -0.05) is 54.8 Å². The van der Waals surface area contributed by atoms with Crippen molar-refractivity contribution in [1.29, 1.82) is 0 Å². The van der Waals surface area contributed by atoms with Gasteiger partial charge in [0.25, 0.3) is 0 Å². The van der Waals surface area contributed by atoms with Crippen LogP contribution < -0.4 is 4.74 Å². The Hall–Kier alpha value is -2.04. The highest BCUT2D eigenvalue weighted by atomic mass is 35.5. The highest BCUT2D eigenvalue weighted by molar-refractivity contribution is 6.30. The first-order valence-corrected chi connectivity index (χ1v) is 9.31. The van der Waals surface area contributed by atoms with Crippen molar-refractivity contribution in [3.63, 3.8) is 0 Å². The van der Waals surface area contributed by atoms with Crippen LogP contribution in [0.5, 0.6) is 5.75 Å². The lowest BCUT2D eigenvalue weighted by Gasteiger charge is -2.28. The second-order valence-electron chi connectivity index (χ2n) is 6.90. The molecule has 2 aromatic carbocycles. The molecule has 0 amide bonds. The summed E-state index contributed by atoms with van der Waals surface area (Å²) in [5, 5.41) is 0.586. The van der Waals surface area contributed by atoms with Gasteiger partial charge in [-0.15, -0.1) is 0 Å². The molecule has 5 heteroatoms. The van der Waals surface area contributed by atoms with E-state index in [4.69, 9.17) is 25.8 Å². The van der Waals surface area contributed by atoms with Gasteiger partial charge in [-0.2, -0.15) is 0 Å². The molecule has 1 fully saturated rings. The zero-order valence-corrected chi connectivity index (χ0v) is 15.3. The SMILES string of the molecule is O=C(OCc1cc(Cl)cc2c1OCOC2)C1(c2ccccc2)CCCC1. The minimum Gasteiger partial charge on any atom is -0.467 e. The third-order valence-corrected chi connectivity index (χ3v) is 5.50. The van der Waals surface area contributed by atoms with Gasteiger partial charge in [0.15, 0.2) is 6.79 Å². The molecule has 0 radical (unpaired) electrons. The molecule has 136 valence electrons. The van der Waals surface area contributed by atoms with Crippen LogP contribution in [0.2, 0.25) is 5.02 Å². The fourth-order valence-corrected chi connectivity index (χ4v) is 4.26. The summed E-state index contributed by atoms with van der Waals surface area (Å²) in [5.74, 6) is 0.551. The van der Waals surface area contributed by atoms with Gasteiger partial charge >= 0.3 is 5.97 Å². The lowest BCUT2D eigenvalue weighted by atomic mass is 9.79. The monoisotopic (exact) mass is 372 g/mol. The summed E-state index contributed by atoms with van der Waals surface area (Å²) < 4.78 is 16.7. The Morgan fingerprint density at radius 1 is 1.15 bits per heavy atom.